The number of nitrogens with zero attached hydrogens (tertiary/aromatic N) is 1. The first kappa shape index (κ1) is 10.2. The van der Waals surface area contributed by atoms with Crippen LogP contribution in [0.3, 0.4) is 0 Å². The molecule has 0 aromatic heterocycles. The Bertz CT molecular complexity index is 683. The molecule has 2 heterocycles. The molecule has 1 unspecified atom stereocenters. The number of alkyl halides is 1. The highest BCUT2D eigenvalue weighted by atomic mass is 35.5. The maximum absolute atomic E-state index is 6.52. The topological polar surface area (TPSA) is 30.8 Å². The Morgan fingerprint density at radius 2 is 2.00 bits per heavy atom. The molecule has 1 atom stereocenters. The summed E-state index contributed by atoms with van der Waals surface area (Å²) in [4.78, 5) is 4.53. The van der Waals surface area contributed by atoms with E-state index in [4.69, 9.17) is 21.2 Å². The van der Waals surface area contributed by atoms with E-state index in [1.54, 1.807) is 0 Å². The number of ether oxygens (including phenoxy) is 1. The van der Waals surface area contributed by atoms with Crippen LogP contribution in [0.4, 0.5) is 0 Å². The molecule has 0 aliphatic carbocycles. The summed E-state index contributed by atoms with van der Waals surface area (Å²) in [6, 6.07) is 12.2. The van der Waals surface area contributed by atoms with Crippen molar-refractivity contribution in [3.05, 3.63) is 42.0 Å². The molecule has 0 saturated carbocycles. The Morgan fingerprint density at radius 3 is 2.94 bits per heavy atom. The van der Waals surface area contributed by atoms with Gasteiger partial charge in [0.25, 0.3) is 0 Å². The van der Waals surface area contributed by atoms with E-state index in [0.29, 0.717) is 13.2 Å². The van der Waals surface area contributed by atoms with Crippen molar-refractivity contribution < 1.29 is 9.57 Å². The molecule has 2 aromatic carbocycles. The molecule has 0 N–H and O–H groups in total. The maximum Gasteiger partial charge on any atom is 0.161 e. The highest BCUT2D eigenvalue weighted by Crippen LogP contribution is 2.40. The summed E-state index contributed by atoms with van der Waals surface area (Å²) in [6.07, 6.45) is 0. The summed E-state index contributed by atoms with van der Waals surface area (Å²) in [6.45, 7) is 0.769. The number of benzene rings is 2. The smallest absolute Gasteiger partial charge is 0.161 e. The van der Waals surface area contributed by atoms with Crippen molar-refractivity contribution >= 4 is 28.1 Å². The first-order valence-corrected chi connectivity index (χ1v) is 6.20. The van der Waals surface area contributed by atoms with Gasteiger partial charge in [0.15, 0.2) is 4.87 Å². The number of oxime groups is 1. The fourth-order valence-electron chi connectivity index (χ4n) is 2.54. The molecule has 0 fully saturated rings. The summed E-state index contributed by atoms with van der Waals surface area (Å²) < 4.78 is 5.76. The standard InChI is InChI=1S/C14H10ClNO2/c15-14-7-17-11-6-5-9-3-1-2-4-10(9)12(11)13(14)16-18-8-14/h1-6H,7-8H2. The molecule has 2 aliphatic rings. The van der Waals surface area contributed by atoms with Gasteiger partial charge in [0, 0.05) is 0 Å². The predicted molar refractivity (Wildman–Crippen MR) is 70.5 cm³/mol. The SMILES string of the molecule is ClC12CON=C1c1c(ccc3ccccc13)OC2. The first-order chi connectivity index (χ1) is 8.78. The van der Waals surface area contributed by atoms with E-state index in [0.717, 1.165) is 27.8 Å². The molecule has 18 heavy (non-hydrogen) atoms. The normalized spacial score (nSPS) is 24.8. The van der Waals surface area contributed by atoms with Gasteiger partial charge in [-0.15, -0.1) is 11.6 Å². The minimum absolute atomic E-state index is 0.368. The fourth-order valence-corrected chi connectivity index (χ4v) is 2.77. The second-order valence-electron chi connectivity index (χ2n) is 4.63. The molecule has 0 bridgehead atoms. The van der Waals surface area contributed by atoms with Crippen molar-refractivity contribution in [2.45, 2.75) is 4.87 Å². The van der Waals surface area contributed by atoms with Gasteiger partial charge in [0.2, 0.25) is 0 Å². The predicted octanol–water partition coefficient (Wildman–Crippen LogP) is 2.94. The van der Waals surface area contributed by atoms with Gasteiger partial charge in [0.1, 0.15) is 24.7 Å². The van der Waals surface area contributed by atoms with Crippen molar-refractivity contribution in [3.63, 3.8) is 0 Å². The average Bonchev–Trinajstić information content (AvgIpc) is 2.80. The summed E-state index contributed by atoms with van der Waals surface area (Å²) >= 11 is 6.52. The Morgan fingerprint density at radius 1 is 1.11 bits per heavy atom. The molecule has 4 rings (SSSR count). The quantitative estimate of drug-likeness (QED) is 0.681. The Balaban J connectivity index is 2.08. The lowest BCUT2D eigenvalue weighted by Crippen LogP contribution is -2.43. The lowest BCUT2D eigenvalue weighted by atomic mass is 9.90. The molecule has 0 radical (unpaired) electrons. The number of fused-ring (bicyclic) bond motifs is 5. The maximum atomic E-state index is 6.52. The fraction of sp³-hybridized carbons (Fsp3) is 0.214. The van der Waals surface area contributed by atoms with Crippen LogP contribution in [0.5, 0.6) is 5.75 Å². The minimum atomic E-state index is -0.642. The van der Waals surface area contributed by atoms with Gasteiger partial charge in [-0.25, -0.2) is 0 Å². The van der Waals surface area contributed by atoms with Gasteiger partial charge >= 0.3 is 0 Å². The van der Waals surface area contributed by atoms with E-state index in [1.165, 1.54) is 0 Å². The molecule has 2 aromatic rings. The molecule has 0 amide bonds. The van der Waals surface area contributed by atoms with E-state index < -0.39 is 4.87 Å². The lowest BCUT2D eigenvalue weighted by molar-refractivity contribution is 0.144. The Hall–Kier alpha value is -1.74. The zero-order valence-corrected chi connectivity index (χ0v) is 10.3. The summed E-state index contributed by atoms with van der Waals surface area (Å²) in [5, 5.41) is 6.38. The molecule has 0 saturated heterocycles. The van der Waals surface area contributed by atoms with Crippen molar-refractivity contribution in [1.82, 2.24) is 0 Å². The Labute approximate surface area is 109 Å². The van der Waals surface area contributed by atoms with E-state index >= 15 is 0 Å². The zero-order chi connectivity index (χ0) is 12.2. The average molecular weight is 260 g/mol. The molecule has 3 nitrogen and oxygen atoms in total. The van der Waals surface area contributed by atoms with E-state index in [1.807, 2.05) is 24.3 Å². The van der Waals surface area contributed by atoms with Crippen LogP contribution >= 0.6 is 11.6 Å². The van der Waals surface area contributed by atoms with Gasteiger partial charge in [-0.05, 0) is 16.8 Å². The minimum Gasteiger partial charge on any atom is -0.490 e. The molecule has 4 heteroatoms. The van der Waals surface area contributed by atoms with Crippen LogP contribution in [-0.2, 0) is 4.84 Å². The van der Waals surface area contributed by atoms with Crippen LogP contribution in [0.1, 0.15) is 5.56 Å². The van der Waals surface area contributed by atoms with Crippen LogP contribution in [0.15, 0.2) is 41.6 Å². The van der Waals surface area contributed by atoms with Crippen LogP contribution in [0.25, 0.3) is 10.8 Å². The third kappa shape index (κ3) is 1.22. The van der Waals surface area contributed by atoms with Crippen molar-refractivity contribution in [2.24, 2.45) is 5.16 Å². The van der Waals surface area contributed by atoms with E-state index in [9.17, 15) is 0 Å². The van der Waals surface area contributed by atoms with Gasteiger partial charge in [-0.2, -0.15) is 0 Å². The van der Waals surface area contributed by atoms with Gasteiger partial charge in [-0.1, -0.05) is 35.5 Å². The van der Waals surface area contributed by atoms with Gasteiger partial charge < -0.3 is 9.57 Å². The lowest BCUT2D eigenvalue weighted by Gasteiger charge is -2.28. The third-order valence-corrected chi connectivity index (χ3v) is 3.85. The number of rotatable bonds is 0. The van der Waals surface area contributed by atoms with Crippen LogP contribution < -0.4 is 4.74 Å². The van der Waals surface area contributed by atoms with Gasteiger partial charge in [-0.3, -0.25) is 0 Å². The molecular weight excluding hydrogens is 250 g/mol. The highest BCUT2D eigenvalue weighted by Gasteiger charge is 2.46. The van der Waals surface area contributed by atoms with Crippen molar-refractivity contribution in [2.75, 3.05) is 13.2 Å². The van der Waals surface area contributed by atoms with Gasteiger partial charge in [0.05, 0.1) is 5.56 Å². The van der Waals surface area contributed by atoms with Crippen molar-refractivity contribution in [3.8, 4) is 5.75 Å². The summed E-state index contributed by atoms with van der Waals surface area (Å²) in [5.41, 5.74) is 1.76. The second-order valence-corrected chi connectivity index (χ2v) is 5.35. The molecule has 2 aliphatic heterocycles. The second kappa shape index (κ2) is 3.39. The largest absolute Gasteiger partial charge is 0.490 e. The summed E-state index contributed by atoms with van der Waals surface area (Å²) in [5.74, 6) is 0.828. The molecule has 90 valence electrons. The highest BCUT2D eigenvalue weighted by molar-refractivity contribution is 6.42. The van der Waals surface area contributed by atoms with E-state index in [-0.39, 0.29) is 0 Å². The zero-order valence-electron chi connectivity index (χ0n) is 9.52. The first-order valence-electron chi connectivity index (χ1n) is 5.82. The summed E-state index contributed by atoms with van der Waals surface area (Å²) in [7, 11) is 0. The third-order valence-electron chi connectivity index (χ3n) is 3.46. The van der Waals surface area contributed by atoms with Crippen LogP contribution in [-0.4, -0.2) is 23.8 Å². The van der Waals surface area contributed by atoms with E-state index in [2.05, 4.69) is 17.3 Å². The van der Waals surface area contributed by atoms with Crippen LogP contribution in [0.2, 0.25) is 0 Å². The number of hydrogen-bond donors (Lipinski definition) is 0. The van der Waals surface area contributed by atoms with Crippen molar-refractivity contribution in [1.29, 1.82) is 0 Å². The molecular formula is C14H10ClNO2. The Kier molecular flexibility index (Phi) is 1.92. The monoisotopic (exact) mass is 259 g/mol. The number of halogens is 1. The number of hydrogen-bond acceptors (Lipinski definition) is 3. The van der Waals surface area contributed by atoms with Crippen LogP contribution in [0, 0.1) is 0 Å². The molecule has 0 spiro atoms.